The van der Waals surface area contributed by atoms with Crippen molar-refractivity contribution < 1.29 is 29.0 Å². The number of hydrogen-bond acceptors (Lipinski definition) is 7. The van der Waals surface area contributed by atoms with E-state index in [0.717, 1.165) is 18.4 Å². The van der Waals surface area contributed by atoms with Crippen LogP contribution in [0.4, 0.5) is 0 Å². The first kappa shape index (κ1) is 31.3. The summed E-state index contributed by atoms with van der Waals surface area (Å²) in [6.45, 7) is 7.01. The number of carboxylic acid groups (broad SMARTS) is 1. The van der Waals surface area contributed by atoms with Crippen molar-refractivity contribution in [3.63, 3.8) is 0 Å². The molecule has 1 aliphatic rings. The number of nitrogens with zero attached hydrogens (tertiary/aromatic N) is 2. The van der Waals surface area contributed by atoms with Gasteiger partial charge in [0.1, 0.15) is 10.7 Å². The highest BCUT2D eigenvalue weighted by Gasteiger charge is 2.33. The van der Waals surface area contributed by atoms with E-state index < -0.39 is 35.9 Å². The Morgan fingerprint density at radius 1 is 1.12 bits per heavy atom. The van der Waals surface area contributed by atoms with E-state index in [-0.39, 0.29) is 30.0 Å². The Balaban J connectivity index is 1.75. The molecule has 9 nitrogen and oxygen atoms in total. The van der Waals surface area contributed by atoms with Gasteiger partial charge in [-0.15, -0.1) is 11.3 Å². The molecule has 1 aromatic heterocycles. The molecule has 4 atom stereocenters. The Hall–Kier alpha value is -3.27. The molecule has 0 bridgehead atoms. The van der Waals surface area contributed by atoms with Gasteiger partial charge in [-0.3, -0.25) is 19.2 Å². The monoisotopic (exact) mass is 571 g/mol. The highest BCUT2D eigenvalue weighted by molar-refractivity contribution is 7.09. The number of ether oxygens (including phenoxy) is 1. The molecule has 218 valence electrons. The molecule has 0 spiro atoms. The predicted molar refractivity (Wildman–Crippen MR) is 153 cm³/mol. The lowest BCUT2D eigenvalue weighted by molar-refractivity contribution is -0.148. The summed E-state index contributed by atoms with van der Waals surface area (Å²) in [7, 11) is 1.80. The maximum absolute atomic E-state index is 13.2. The summed E-state index contributed by atoms with van der Waals surface area (Å²) in [6.07, 6.45) is 3.12. The van der Waals surface area contributed by atoms with E-state index >= 15 is 0 Å². The number of carboxylic acids is 1. The minimum atomic E-state index is -0.923. The van der Waals surface area contributed by atoms with Gasteiger partial charge in [0.05, 0.1) is 5.92 Å². The average molecular weight is 572 g/mol. The first-order valence-electron chi connectivity index (χ1n) is 13.9. The smallest absolute Gasteiger partial charge is 0.306 e. The number of aromatic nitrogens is 1. The minimum absolute atomic E-state index is 0.0852. The Morgan fingerprint density at radius 2 is 1.80 bits per heavy atom. The van der Waals surface area contributed by atoms with Crippen molar-refractivity contribution in [2.24, 2.45) is 17.8 Å². The number of benzene rings is 1. The van der Waals surface area contributed by atoms with E-state index in [4.69, 9.17) is 4.74 Å². The average Bonchev–Trinajstić information content (AvgIpc) is 3.56. The maximum atomic E-state index is 13.2. The number of amides is 2. The summed E-state index contributed by atoms with van der Waals surface area (Å²) in [6, 6.07) is 8.99. The molecule has 1 aromatic carbocycles. The van der Waals surface area contributed by atoms with Crippen LogP contribution in [0.25, 0.3) is 0 Å². The Bertz CT molecular complexity index is 1160. The number of carbonyl (C=O) groups is 4. The minimum Gasteiger partial charge on any atom is -0.481 e. The number of aliphatic carboxylic acids is 1. The van der Waals surface area contributed by atoms with Crippen molar-refractivity contribution in [3.05, 3.63) is 52.0 Å². The SMILES string of the molecule is CC(=O)O[C@H](CC(C(C)C)N(C)C(=O)CC1CC1)c1nc(C(=O)N[C@@H](Cc2ccccc2)CC(C)C(=O)O)cs1. The summed E-state index contributed by atoms with van der Waals surface area (Å²) in [5, 5.41) is 14.5. The van der Waals surface area contributed by atoms with Crippen molar-refractivity contribution in [1.82, 2.24) is 15.2 Å². The fourth-order valence-corrected chi connectivity index (χ4v) is 5.65. The molecule has 2 aromatic rings. The number of esters is 1. The third-order valence-corrected chi connectivity index (χ3v) is 8.27. The molecular formula is C30H41N3O6S. The Labute approximate surface area is 240 Å². The van der Waals surface area contributed by atoms with Crippen LogP contribution in [-0.2, 0) is 25.5 Å². The molecule has 1 fully saturated rings. The lowest BCUT2D eigenvalue weighted by Crippen LogP contribution is -2.42. The van der Waals surface area contributed by atoms with E-state index in [0.29, 0.717) is 30.2 Å². The number of thiazole rings is 1. The molecule has 0 aliphatic heterocycles. The van der Waals surface area contributed by atoms with E-state index in [2.05, 4.69) is 10.3 Å². The number of carbonyl (C=O) groups excluding carboxylic acids is 3. The van der Waals surface area contributed by atoms with Gasteiger partial charge in [0, 0.05) is 44.3 Å². The lowest BCUT2D eigenvalue weighted by atomic mass is 9.96. The van der Waals surface area contributed by atoms with E-state index in [9.17, 15) is 24.3 Å². The molecule has 10 heteroatoms. The first-order valence-corrected chi connectivity index (χ1v) is 14.8. The first-order chi connectivity index (χ1) is 18.9. The molecule has 40 heavy (non-hydrogen) atoms. The third-order valence-electron chi connectivity index (χ3n) is 7.33. The fraction of sp³-hybridized carbons (Fsp3) is 0.567. The molecule has 0 radical (unpaired) electrons. The van der Waals surface area contributed by atoms with Crippen LogP contribution in [0.15, 0.2) is 35.7 Å². The largest absolute Gasteiger partial charge is 0.481 e. The normalized spacial score (nSPS) is 16.1. The lowest BCUT2D eigenvalue weighted by Gasteiger charge is -2.33. The highest BCUT2D eigenvalue weighted by atomic mass is 32.1. The summed E-state index contributed by atoms with van der Waals surface area (Å²) in [5.41, 5.74) is 1.16. The zero-order valence-electron chi connectivity index (χ0n) is 24.0. The molecule has 3 rings (SSSR count). The topological polar surface area (TPSA) is 126 Å². The molecule has 0 saturated heterocycles. The van der Waals surface area contributed by atoms with Gasteiger partial charge in [0.2, 0.25) is 5.91 Å². The standard InChI is InChI=1S/C30H41N3O6S/c1-18(2)25(33(5)27(35)15-22-11-12-22)16-26(39-20(4)34)29-32-24(17-40-29)28(36)31-23(13-19(3)30(37)38)14-21-9-7-6-8-10-21/h6-10,17-19,22-23,25-26H,11-16H2,1-5H3,(H,31,36)(H,37,38)/t19?,23-,25?,26-/m1/s1. The maximum Gasteiger partial charge on any atom is 0.306 e. The van der Waals surface area contributed by atoms with Crippen LogP contribution in [0.5, 0.6) is 0 Å². The molecule has 1 saturated carbocycles. The molecule has 2 unspecified atom stereocenters. The van der Waals surface area contributed by atoms with E-state index in [1.54, 1.807) is 24.3 Å². The van der Waals surface area contributed by atoms with Gasteiger partial charge in [0.15, 0.2) is 6.10 Å². The fourth-order valence-electron chi connectivity index (χ4n) is 4.81. The molecule has 2 amide bonds. The molecule has 2 N–H and O–H groups in total. The Morgan fingerprint density at radius 3 is 2.38 bits per heavy atom. The van der Waals surface area contributed by atoms with Crippen molar-refractivity contribution in [3.8, 4) is 0 Å². The number of nitrogens with one attached hydrogen (secondary N) is 1. The van der Waals surface area contributed by atoms with Crippen LogP contribution in [-0.4, -0.2) is 57.9 Å². The van der Waals surface area contributed by atoms with Crippen molar-refractivity contribution in [2.45, 2.75) is 84.4 Å². The zero-order valence-corrected chi connectivity index (χ0v) is 24.8. The van der Waals surface area contributed by atoms with Gasteiger partial charge in [-0.1, -0.05) is 51.1 Å². The van der Waals surface area contributed by atoms with Crippen LogP contribution >= 0.6 is 11.3 Å². The van der Waals surface area contributed by atoms with Crippen LogP contribution in [0.1, 0.15) is 87.0 Å². The van der Waals surface area contributed by atoms with Crippen LogP contribution < -0.4 is 5.32 Å². The number of hydrogen-bond donors (Lipinski definition) is 2. The van der Waals surface area contributed by atoms with Crippen LogP contribution in [0.2, 0.25) is 0 Å². The van der Waals surface area contributed by atoms with Gasteiger partial charge in [-0.25, -0.2) is 4.98 Å². The second-order valence-electron chi connectivity index (χ2n) is 11.2. The molecule has 1 aliphatic carbocycles. The third kappa shape index (κ3) is 9.43. The molecular weight excluding hydrogens is 530 g/mol. The molecule has 1 heterocycles. The second kappa shape index (κ2) is 14.4. The van der Waals surface area contributed by atoms with Crippen molar-refractivity contribution in [2.75, 3.05) is 7.05 Å². The van der Waals surface area contributed by atoms with Gasteiger partial charge >= 0.3 is 11.9 Å². The van der Waals surface area contributed by atoms with Gasteiger partial charge < -0.3 is 20.1 Å². The van der Waals surface area contributed by atoms with E-state index in [1.807, 2.05) is 44.2 Å². The summed E-state index contributed by atoms with van der Waals surface area (Å²) < 4.78 is 5.65. The predicted octanol–water partition coefficient (Wildman–Crippen LogP) is 4.87. The summed E-state index contributed by atoms with van der Waals surface area (Å²) in [4.78, 5) is 55.8. The van der Waals surface area contributed by atoms with Crippen LogP contribution in [0, 0.1) is 17.8 Å². The highest BCUT2D eigenvalue weighted by Crippen LogP contribution is 2.35. The second-order valence-corrected chi connectivity index (χ2v) is 12.1. The number of rotatable bonds is 15. The summed E-state index contributed by atoms with van der Waals surface area (Å²) in [5.74, 6) is -1.78. The van der Waals surface area contributed by atoms with Gasteiger partial charge in [-0.05, 0) is 43.1 Å². The van der Waals surface area contributed by atoms with E-state index in [1.165, 1.54) is 18.3 Å². The van der Waals surface area contributed by atoms with Crippen molar-refractivity contribution >= 4 is 35.1 Å². The van der Waals surface area contributed by atoms with Gasteiger partial charge in [-0.2, -0.15) is 0 Å². The Kier molecular flexibility index (Phi) is 11.2. The quantitative estimate of drug-likeness (QED) is 0.292. The van der Waals surface area contributed by atoms with Crippen LogP contribution in [0.3, 0.4) is 0 Å². The van der Waals surface area contributed by atoms with Gasteiger partial charge in [0.25, 0.3) is 5.91 Å². The summed E-state index contributed by atoms with van der Waals surface area (Å²) >= 11 is 1.23. The zero-order chi connectivity index (χ0) is 29.4. The van der Waals surface area contributed by atoms with Crippen molar-refractivity contribution in [1.29, 1.82) is 0 Å².